The number of anilines is 2. The van der Waals surface area contributed by atoms with Crippen molar-refractivity contribution in [3.63, 3.8) is 0 Å². The van der Waals surface area contributed by atoms with Gasteiger partial charge >= 0.3 is 6.03 Å². The van der Waals surface area contributed by atoms with E-state index in [9.17, 15) is 4.79 Å². The van der Waals surface area contributed by atoms with Gasteiger partial charge in [-0.2, -0.15) is 0 Å². The normalized spacial score (nSPS) is 10.8. The number of hydrogen-bond donors (Lipinski definition) is 3. The molecule has 11 heteroatoms. The number of nitrogen functional groups attached to an aromatic ring is 1. The lowest BCUT2D eigenvalue weighted by Gasteiger charge is -2.09. The lowest BCUT2D eigenvalue weighted by molar-refractivity contribution is 0.254. The summed E-state index contributed by atoms with van der Waals surface area (Å²) in [5.41, 5.74) is 8.24. The van der Waals surface area contributed by atoms with Crippen molar-refractivity contribution in [3.05, 3.63) is 36.5 Å². The highest BCUT2D eigenvalue weighted by Gasteiger charge is 2.19. The van der Waals surface area contributed by atoms with Gasteiger partial charge in [-0.1, -0.05) is 6.07 Å². The molecule has 1 aromatic carbocycles. The predicted octanol–water partition coefficient (Wildman–Crippen LogP) is 2.63. The fraction of sp³-hybridized carbons (Fsp3) is 0.167. The Kier molecular flexibility index (Phi) is 4.69. The summed E-state index contributed by atoms with van der Waals surface area (Å²) in [7, 11) is 1.54. The lowest BCUT2D eigenvalue weighted by atomic mass is 10.3. The maximum absolute atomic E-state index is 11.5. The molecule has 0 unspecified atom stereocenters. The number of benzene rings is 1. The number of fused-ring (bicyclic) bond motifs is 1. The molecular formula is C18H18N8O3. The monoisotopic (exact) mass is 394 g/mol. The first-order valence-corrected chi connectivity index (χ1v) is 8.80. The van der Waals surface area contributed by atoms with E-state index in [0.717, 1.165) is 5.52 Å². The van der Waals surface area contributed by atoms with Crippen LogP contribution < -0.4 is 21.1 Å². The molecule has 0 saturated heterocycles. The van der Waals surface area contributed by atoms with E-state index in [4.69, 9.17) is 15.1 Å². The van der Waals surface area contributed by atoms with Crippen molar-refractivity contribution < 1.29 is 14.2 Å². The van der Waals surface area contributed by atoms with Crippen LogP contribution in [0.5, 0.6) is 11.6 Å². The van der Waals surface area contributed by atoms with Gasteiger partial charge in [-0.05, 0) is 29.4 Å². The van der Waals surface area contributed by atoms with Gasteiger partial charge in [-0.25, -0.2) is 19.4 Å². The molecule has 0 aliphatic rings. The Balaban J connectivity index is 1.67. The Bertz CT molecular complexity index is 1180. The number of carbonyl (C=O) groups excluding carboxylic acids is 1. The summed E-state index contributed by atoms with van der Waals surface area (Å²) < 4.78 is 12.5. The van der Waals surface area contributed by atoms with Gasteiger partial charge in [0.15, 0.2) is 17.3 Å². The van der Waals surface area contributed by atoms with Crippen molar-refractivity contribution in [2.75, 3.05) is 18.1 Å². The number of amides is 2. The average molecular weight is 394 g/mol. The highest BCUT2D eigenvalue weighted by atomic mass is 16.6. The molecule has 0 fully saturated rings. The molecule has 0 aliphatic carbocycles. The number of nitrogens with two attached hydrogens (primary N) is 1. The van der Waals surface area contributed by atoms with Crippen LogP contribution in [0, 0.1) is 0 Å². The summed E-state index contributed by atoms with van der Waals surface area (Å²) in [6.45, 7) is 2.59. The van der Waals surface area contributed by atoms with Crippen LogP contribution in [0.4, 0.5) is 16.3 Å². The average Bonchev–Trinajstić information content (AvgIpc) is 3.30. The predicted molar refractivity (Wildman–Crippen MR) is 106 cm³/mol. The molecule has 0 bridgehead atoms. The quantitative estimate of drug-likeness (QED) is 0.468. The zero-order valence-corrected chi connectivity index (χ0v) is 15.7. The largest absolute Gasteiger partial charge is 0.439 e. The second kappa shape index (κ2) is 7.46. The Morgan fingerprint density at radius 2 is 2.17 bits per heavy atom. The Hall–Kier alpha value is -4.15. The maximum atomic E-state index is 11.5. The summed E-state index contributed by atoms with van der Waals surface area (Å²) in [4.78, 5) is 20.3. The number of pyridine rings is 1. The smallest absolute Gasteiger partial charge is 0.318 e. The van der Waals surface area contributed by atoms with E-state index in [1.165, 1.54) is 0 Å². The highest BCUT2D eigenvalue weighted by molar-refractivity contribution is 5.89. The number of carbonyl (C=O) groups is 1. The minimum atomic E-state index is -0.317. The van der Waals surface area contributed by atoms with Crippen LogP contribution >= 0.6 is 0 Å². The maximum Gasteiger partial charge on any atom is 0.318 e. The molecule has 0 aliphatic heterocycles. The first-order chi connectivity index (χ1) is 14.1. The van der Waals surface area contributed by atoms with E-state index in [2.05, 4.69) is 30.9 Å². The number of ether oxygens (including phenoxy) is 1. The van der Waals surface area contributed by atoms with Crippen LogP contribution in [-0.2, 0) is 6.54 Å². The second-order valence-electron chi connectivity index (χ2n) is 6.02. The topological polar surface area (TPSA) is 146 Å². The Morgan fingerprint density at radius 1 is 1.31 bits per heavy atom. The minimum Gasteiger partial charge on any atom is -0.439 e. The van der Waals surface area contributed by atoms with Crippen molar-refractivity contribution in [3.8, 4) is 23.1 Å². The summed E-state index contributed by atoms with van der Waals surface area (Å²) in [6.07, 6.45) is 1.61. The first kappa shape index (κ1) is 18.2. The third-order valence-corrected chi connectivity index (χ3v) is 4.19. The molecule has 29 heavy (non-hydrogen) atoms. The van der Waals surface area contributed by atoms with Crippen LogP contribution in [-0.4, -0.2) is 37.9 Å². The fourth-order valence-electron chi connectivity index (χ4n) is 2.87. The first-order valence-electron chi connectivity index (χ1n) is 8.80. The Morgan fingerprint density at radius 3 is 2.90 bits per heavy atom. The van der Waals surface area contributed by atoms with Crippen LogP contribution in [0.15, 0.2) is 41.2 Å². The van der Waals surface area contributed by atoms with E-state index in [1.54, 1.807) is 43.6 Å². The number of urea groups is 1. The van der Waals surface area contributed by atoms with Crippen LogP contribution in [0.3, 0.4) is 0 Å². The van der Waals surface area contributed by atoms with Gasteiger partial charge in [0.2, 0.25) is 5.88 Å². The number of aromatic nitrogens is 5. The molecule has 0 saturated carbocycles. The molecule has 3 aromatic heterocycles. The van der Waals surface area contributed by atoms with Crippen molar-refractivity contribution in [1.82, 2.24) is 30.2 Å². The molecule has 4 aromatic rings. The molecule has 4 rings (SSSR count). The molecule has 148 valence electrons. The van der Waals surface area contributed by atoms with Crippen molar-refractivity contribution in [2.24, 2.45) is 0 Å². The molecular weight excluding hydrogens is 376 g/mol. The number of rotatable bonds is 5. The van der Waals surface area contributed by atoms with Gasteiger partial charge in [-0.3, -0.25) is 0 Å². The molecule has 2 amide bonds. The zero-order chi connectivity index (χ0) is 20.4. The number of hydrogen-bond acceptors (Lipinski definition) is 8. The van der Waals surface area contributed by atoms with Crippen molar-refractivity contribution in [2.45, 2.75) is 13.5 Å². The lowest BCUT2D eigenvalue weighted by Crippen LogP contribution is -2.24. The summed E-state index contributed by atoms with van der Waals surface area (Å²) in [6, 6.07) is 8.46. The SMILES string of the molecule is CCn1c(-c2nonc2N)nc2cnc(Oc3cccc(NC(=O)NC)c3)cc21. The highest BCUT2D eigenvalue weighted by Crippen LogP contribution is 2.29. The standard InChI is InChI=1S/C18H18N8O3/c1-3-26-13-8-14(28-11-6-4-5-10(7-11)22-18(27)20-2)21-9-12(13)23-17(26)15-16(19)25-29-24-15/h4-9H,3H2,1-2H3,(H2,19,25)(H2,20,22,27). The minimum absolute atomic E-state index is 0.167. The third-order valence-electron chi connectivity index (χ3n) is 4.19. The third kappa shape index (κ3) is 3.52. The molecule has 0 spiro atoms. The molecule has 4 N–H and O–H groups in total. The van der Waals surface area contributed by atoms with Crippen LogP contribution in [0.1, 0.15) is 6.92 Å². The summed E-state index contributed by atoms with van der Waals surface area (Å²) >= 11 is 0. The molecule has 0 atom stereocenters. The van der Waals surface area contributed by atoms with Gasteiger partial charge in [0.05, 0.1) is 11.7 Å². The van der Waals surface area contributed by atoms with E-state index < -0.39 is 0 Å². The van der Waals surface area contributed by atoms with E-state index >= 15 is 0 Å². The van der Waals surface area contributed by atoms with Crippen LogP contribution in [0.25, 0.3) is 22.6 Å². The van der Waals surface area contributed by atoms with Crippen molar-refractivity contribution in [1.29, 1.82) is 0 Å². The van der Waals surface area contributed by atoms with Gasteiger partial charge < -0.3 is 25.7 Å². The van der Waals surface area contributed by atoms with Gasteiger partial charge in [0.1, 0.15) is 11.3 Å². The number of nitrogens with one attached hydrogen (secondary N) is 2. The van der Waals surface area contributed by atoms with Gasteiger partial charge in [0, 0.05) is 31.4 Å². The zero-order valence-electron chi connectivity index (χ0n) is 15.7. The second-order valence-corrected chi connectivity index (χ2v) is 6.02. The van der Waals surface area contributed by atoms with Gasteiger partial charge in [0.25, 0.3) is 0 Å². The van der Waals surface area contributed by atoms with Crippen molar-refractivity contribution >= 4 is 28.6 Å². The number of imidazole rings is 1. The molecule has 0 radical (unpaired) electrons. The molecule has 3 heterocycles. The van der Waals surface area contributed by atoms with Gasteiger partial charge in [-0.15, -0.1) is 0 Å². The Labute approximate surface area is 164 Å². The summed E-state index contributed by atoms with van der Waals surface area (Å²) in [5, 5.41) is 12.6. The fourth-order valence-corrected chi connectivity index (χ4v) is 2.87. The van der Waals surface area contributed by atoms with E-state index in [-0.39, 0.29) is 11.8 Å². The van der Waals surface area contributed by atoms with Crippen LogP contribution in [0.2, 0.25) is 0 Å². The van der Waals surface area contributed by atoms with E-state index in [1.807, 2.05) is 11.5 Å². The summed E-state index contributed by atoms with van der Waals surface area (Å²) in [5.74, 6) is 1.61. The van der Waals surface area contributed by atoms with E-state index in [0.29, 0.717) is 40.9 Å². The molecule has 11 nitrogen and oxygen atoms in total. The number of nitrogens with zero attached hydrogens (tertiary/aromatic N) is 5. The number of aryl methyl sites for hydroxylation is 1.